The Morgan fingerprint density at radius 2 is 1.16 bits per heavy atom. The van der Waals surface area contributed by atoms with E-state index in [0.717, 1.165) is 31.9 Å². The van der Waals surface area contributed by atoms with E-state index in [0.29, 0.717) is 70.6 Å². The van der Waals surface area contributed by atoms with Gasteiger partial charge in [0, 0.05) is 58.4 Å². The molecular weight excluding hydrogens is 841 g/mol. The number of thiazole rings is 2. The van der Waals surface area contributed by atoms with Crippen LogP contribution in [0.2, 0.25) is 0 Å². The number of amides is 2. The van der Waals surface area contributed by atoms with Crippen molar-refractivity contribution in [2.45, 2.75) is 13.1 Å². The average Bonchev–Trinajstić information content (AvgIpc) is 4.07. The van der Waals surface area contributed by atoms with Crippen LogP contribution in [0.5, 0.6) is 0 Å². The number of halogens is 3. The van der Waals surface area contributed by atoms with E-state index in [-0.39, 0.29) is 23.4 Å². The van der Waals surface area contributed by atoms with Gasteiger partial charge in [0.1, 0.15) is 11.6 Å². The van der Waals surface area contributed by atoms with Gasteiger partial charge >= 0.3 is 0 Å². The molecule has 57 heavy (non-hydrogen) atoms. The summed E-state index contributed by atoms with van der Waals surface area (Å²) in [6, 6.07) is 12.0. The van der Waals surface area contributed by atoms with Crippen LogP contribution in [0.25, 0.3) is 33.2 Å². The van der Waals surface area contributed by atoms with Crippen LogP contribution in [0.15, 0.2) is 102 Å². The van der Waals surface area contributed by atoms with Gasteiger partial charge in [0.25, 0.3) is 11.8 Å². The lowest BCUT2D eigenvalue weighted by molar-refractivity contribution is 0.0944. The maximum atomic E-state index is 13.2. The van der Waals surface area contributed by atoms with Crippen LogP contribution in [0.4, 0.5) is 13.9 Å². The Labute approximate surface area is 339 Å². The molecule has 0 spiro atoms. The number of ether oxygens (including phenoxy) is 1. The van der Waals surface area contributed by atoms with Crippen molar-refractivity contribution >= 4 is 77.4 Å². The largest absolute Gasteiger partial charge is 0.378 e. The molecule has 2 amide bonds. The molecule has 288 valence electrons. The van der Waals surface area contributed by atoms with Gasteiger partial charge in [-0.3, -0.25) is 19.6 Å². The van der Waals surface area contributed by atoms with Gasteiger partial charge in [0.2, 0.25) is 0 Å². The van der Waals surface area contributed by atoms with Crippen LogP contribution < -0.4 is 15.5 Å². The Morgan fingerprint density at radius 1 is 0.667 bits per heavy atom. The van der Waals surface area contributed by atoms with Crippen molar-refractivity contribution in [1.29, 1.82) is 0 Å². The summed E-state index contributed by atoms with van der Waals surface area (Å²) in [5.74, 6) is -1.12. The number of pyridine rings is 2. The van der Waals surface area contributed by atoms with Crippen LogP contribution in [0.1, 0.15) is 30.5 Å². The van der Waals surface area contributed by atoms with Crippen LogP contribution in [0.3, 0.4) is 0 Å². The molecule has 14 nitrogen and oxygen atoms in total. The van der Waals surface area contributed by atoms with Gasteiger partial charge in [-0.15, -0.1) is 22.7 Å². The van der Waals surface area contributed by atoms with Gasteiger partial charge < -0.3 is 20.3 Å². The van der Waals surface area contributed by atoms with Crippen molar-refractivity contribution in [3.63, 3.8) is 0 Å². The number of nitrogens with one attached hydrogen (secondary N) is 2. The van der Waals surface area contributed by atoms with Gasteiger partial charge in [-0.25, -0.2) is 28.1 Å². The molecular formula is C38H30BrF2N11O3S2. The summed E-state index contributed by atoms with van der Waals surface area (Å²) in [6.45, 7) is 3.81. The standard InChI is InChI=1S/C21H19FN6O2S.C17H11BrFN5OS/c22-14-1-3-15(4-2-14)28-19-13-23-11-18(17(19)12-26-28)20(29)24-9-16-10-25-21(31-16)27-5-7-30-8-6-27;18-17-22-6-12(26-17)5-21-16(25)14-7-20-9-15-13(14)8-23-24(15)11-3-1-10(19)2-4-11/h1-4,10-13H,5-9H2,(H,24,29);1-4,6-9H,5H2,(H,21,25). The third-order valence-electron chi connectivity index (χ3n) is 8.82. The molecule has 8 aromatic rings. The summed E-state index contributed by atoms with van der Waals surface area (Å²) in [4.78, 5) is 46.4. The first-order chi connectivity index (χ1) is 27.8. The lowest BCUT2D eigenvalue weighted by Gasteiger charge is -2.25. The van der Waals surface area contributed by atoms with Crippen molar-refractivity contribution in [3.05, 3.63) is 135 Å². The second-order valence-electron chi connectivity index (χ2n) is 12.5. The number of rotatable bonds is 9. The zero-order valence-corrected chi connectivity index (χ0v) is 32.9. The molecule has 0 aliphatic carbocycles. The van der Waals surface area contributed by atoms with Crippen LogP contribution in [0, 0.1) is 11.6 Å². The fourth-order valence-corrected chi connectivity index (χ4v) is 8.19. The van der Waals surface area contributed by atoms with E-state index in [1.807, 2.05) is 0 Å². The number of carbonyl (C=O) groups excluding carboxylic acids is 2. The van der Waals surface area contributed by atoms with E-state index in [2.05, 4.69) is 61.6 Å². The third kappa shape index (κ3) is 8.55. The molecule has 1 aliphatic heterocycles. The molecule has 1 saturated heterocycles. The summed E-state index contributed by atoms with van der Waals surface area (Å²) in [6.07, 6.45) is 13.0. The molecule has 1 aliphatic rings. The van der Waals surface area contributed by atoms with E-state index in [1.165, 1.54) is 48.0 Å². The van der Waals surface area contributed by atoms with Gasteiger partial charge in [-0.1, -0.05) is 0 Å². The normalized spacial score (nSPS) is 12.7. The summed E-state index contributed by atoms with van der Waals surface area (Å²) in [5, 5.41) is 16.8. The average molecular weight is 871 g/mol. The first kappa shape index (κ1) is 37.9. The Balaban J connectivity index is 0.000000162. The van der Waals surface area contributed by atoms with Crippen molar-refractivity contribution in [1.82, 2.24) is 50.1 Å². The van der Waals surface area contributed by atoms with Gasteiger partial charge in [-0.2, -0.15) is 10.2 Å². The van der Waals surface area contributed by atoms with Gasteiger partial charge in [-0.05, 0) is 64.5 Å². The summed E-state index contributed by atoms with van der Waals surface area (Å²) in [7, 11) is 0. The first-order valence-electron chi connectivity index (χ1n) is 17.4. The number of nitrogens with zero attached hydrogens (tertiary/aromatic N) is 9. The molecule has 0 atom stereocenters. The zero-order valence-electron chi connectivity index (χ0n) is 29.7. The molecule has 0 bridgehead atoms. The lowest BCUT2D eigenvalue weighted by atomic mass is 10.2. The molecule has 7 heterocycles. The Kier molecular flexibility index (Phi) is 11.3. The minimum atomic E-state index is -0.321. The second kappa shape index (κ2) is 17.0. The highest BCUT2D eigenvalue weighted by atomic mass is 79.9. The summed E-state index contributed by atoms with van der Waals surface area (Å²) < 4.78 is 35.8. The predicted molar refractivity (Wildman–Crippen MR) is 215 cm³/mol. The fourth-order valence-electron chi connectivity index (χ4n) is 5.99. The summed E-state index contributed by atoms with van der Waals surface area (Å²) in [5.41, 5.74) is 3.59. The fraction of sp³-hybridized carbons (Fsp3) is 0.158. The zero-order chi connectivity index (χ0) is 39.3. The molecule has 0 unspecified atom stereocenters. The number of aromatic nitrogens is 8. The topological polar surface area (TPSA) is 158 Å². The Bertz CT molecular complexity index is 2680. The number of anilines is 1. The molecule has 9 rings (SSSR count). The number of hydrogen-bond acceptors (Lipinski definition) is 12. The molecule has 0 saturated carbocycles. The third-order valence-corrected chi connectivity index (χ3v) is 11.4. The molecule has 2 N–H and O–H groups in total. The van der Waals surface area contributed by atoms with E-state index in [4.69, 9.17) is 4.74 Å². The maximum absolute atomic E-state index is 13.2. The predicted octanol–water partition coefficient (Wildman–Crippen LogP) is 6.49. The smallest absolute Gasteiger partial charge is 0.253 e. The van der Waals surface area contributed by atoms with E-state index in [1.54, 1.807) is 82.1 Å². The molecule has 19 heteroatoms. The van der Waals surface area contributed by atoms with Gasteiger partial charge in [0.15, 0.2) is 9.05 Å². The quantitative estimate of drug-likeness (QED) is 0.164. The number of fused-ring (bicyclic) bond motifs is 2. The first-order valence-corrected chi connectivity index (χ1v) is 19.8. The molecule has 0 radical (unpaired) electrons. The van der Waals surface area contributed by atoms with Crippen LogP contribution >= 0.6 is 38.6 Å². The van der Waals surface area contributed by atoms with E-state index in [9.17, 15) is 18.4 Å². The minimum absolute atomic E-state index is 0.238. The van der Waals surface area contributed by atoms with E-state index < -0.39 is 0 Å². The minimum Gasteiger partial charge on any atom is -0.378 e. The Hall–Kier alpha value is -6.02. The second-order valence-corrected chi connectivity index (χ2v) is 15.9. The number of hydrogen-bond donors (Lipinski definition) is 2. The SMILES string of the molecule is O=C(NCc1cnc(Br)s1)c1cncc2c1cnn2-c1ccc(F)cc1.O=C(NCc1cnc(N2CCOCC2)s1)c1cncc2c1cnn2-c1ccc(F)cc1. The van der Waals surface area contributed by atoms with Crippen LogP contribution in [-0.4, -0.2) is 77.6 Å². The summed E-state index contributed by atoms with van der Waals surface area (Å²) >= 11 is 6.32. The van der Waals surface area contributed by atoms with Crippen LogP contribution in [-0.2, 0) is 17.8 Å². The molecule has 6 aromatic heterocycles. The van der Waals surface area contributed by atoms with Gasteiger partial charge in [0.05, 0.1) is 84.6 Å². The van der Waals surface area contributed by atoms with Crippen molar-refractivity contribution in [2.75, 3.05) is 31.2 Å². The lowest BCUT2D eigenvalue weighted by Crippen LogP contribution is -2.36. The number of carbonyl (C=O) groups is 2. The maximum Gasteiger partial charge on any atom is 0.253 e. The van der Waals surface area contributed by atoms with Crippen molar-refractivity contribution in [3.8, 4) is 11.4 Å². The highest BCUT2D eigenvalue weighted by Crippen LogP contribution is 2.25. The highest BCUT2D eigenvalue weighted by Gasteiger charge is 2.18. The van der Waals surface area contributed by atoms with Crippen molar-refractivity contribution < 1.29 is 23.1 Å². The van der Waals surface area contributed by atoms with E-state index >= 15 is 0 Å². The Morgan fingerprint density at radius 3 is 1.65 bits per heavy atom. The van der Waals surface area contributed by atoms with Crippen molar-refractivity contribution in [2.24, 2.45) is 0 Å². The number of benzene rings is 2. The highest BCUT2D eigenvalue weighted by molar-refractivity contribution is 9.11. The molecule has 2 aromatic carbocycles. The monoisotopic (exact) mass is 869 g/mol. The number of morpholine rings is 1. The molecule has 1 fully saturated rings.